The van der Waals surface area contributed by atoms with Gasteiger partial charge in [0.2, 0.25) is 0 Å². The summed E-state index contributed by atoms with van der Waals surface area (Å²) >= 11 is 8.57. The molecule has 2 rings (SSSR count). The Kier molecular flexibility index (Phi) is 5.75. The van der Waals surface area contributed by atoms with Crippen LogP contribution in [0.1, 0.15) is 5.56 Å². The van der Waals surface area contributed by atoms with Crippen molar-refractivity contribution in [1.82, 2.24) is 0 Å². The molecule has 0 bridgehead atoms. The number of halogens is 5. The Morgan fingerprint density at radius 1 is 0.893 bits per heavy atom. The van der Waals surface area contributed by atoms with E-state index >= 15 is 0 Å². The van der Waals surface area contributed by atoms with Crippen molar-refractivity contribution in [2.24, 2.45) is 0 Å². The summed E-state index contributed by atoms with van der Waals surface area (Å²) in [5.74, 6) is 0. The van der Waals surface area contributed by atoms with Crippen LogP contribution in [0.15, 0.2) is 28.7 Å². The summed E-state index contributed by atoms with van der Waals surface area (Å²) in [4.78, 5) is 29.8. The van der Waals surface area contributed by atoms with Crippen LogP contribution in [0.2, 0.25) is 5.02 Å². The van der Waals surface area contributed by atoms with Crippen LogP contribution >= 0.6 is 27.5 Å². The Balaban J connectivity index is 2.85. The van der Waals surface area contributed by atoms with Gasteiger partial charge in [-0.15, -0.1) is 0 Å². The smallest absolute Gasteiger partial charge is 0.343 e. The number of nitro groups is 3. The maximum Gasteiger partial charge on any atom is 0.418 e. The van der Waals surface area contributed by atoms with Crippen LogP contribution in [0.25, 0.3) is 0 Å². The standard InChI is InChI=1S/C13H5BrClF3N4O6/c14-8-1-5(15)2-9(21(25)26)12(8)19-11-7(13(16,17)18)3-6(20(23)24)4-10(11)22(27)28/h1-4,19H. The SMILES string of the molecule is O=[N+]([O-])c1cc([N+](=O)[O-])c(Nc2c(Br)cc(Cl)cc2[N+](=O)[O-])c(C(F)(F)F)c1. The molecule has 0 aliphatic carbocycles. The molecule has 28 heavy (non-hydrogen) atoms. The molecule has 0 spiro atoms. The first kappa shape index (κ1) is 21.3. The Hall–Kier alpha value is -3.00. The van der Waals surface area contributed by atoms with E-state index in [-0.39, 0.29) is 15.6 Å². The van der Waals surface area contributed by atoms with Gasteiger partial charge in [-0.25, -0.2) is 0 Å². The van der Waals surface area contributed by atoms with Gasteiger partial charge in [-0.1, -0.05) is 11.6 Å². The second-order valence-electron chi connectivity index (χ2n) is 5.06. The number of alkyl halides is 3. The normalized spacial score (nSPS) is 11.2. The highest BCUT2D eigenvalue weighted by molar-refractivity contribution is 9.10. The number of nitro benzene ring substituents is 3. The van der Waals surface area contributed by atoms with Crippen molar-refractivity contribution in [2.45, 2.75) is 6.18 Å². The lowest BCUT2D eigenvalue weighted by Gasteiger charge is -2.16. The molecule has 10 nitrogen and oxygen atoms in total. The van der Waals surface area contributed by atoms with E-state index < -0.39 is 54.9 Å². The van der Waals surface area contributed by atoms with Gasteiger partial charge in [0.1, 0.15) is 11.4 Å². The van der Waals surface area contributed by atoms with Crippen molar-refractivity contribution in [1.29, 1.82) is 0 Å². The fraction of sp³-hybridized carbons (Fsp3) is 0.0769. The number of rotatable bonds is 5. The number of benzene rings is 2. The Labute approximate surface area is 165 Å². The first-order chi connectivity index (χ1) is 12.8. The summed E-state index contributed by atoms with van der Waals surface area (Å²) in [6, 6.07) is 2.33. The number of anilines is 2. The summed E-state index contributed by atoms with van der Waals surface area (Å²) in [6.45, 7) is 0. The van der Waals surface area contributed by atoms with Crippen molar-refractivity contribution < 1.29 is 27.9 Å². The summed E-state index contributed by atoms with van der Waals surface area (Å²) in [5.41, 5.74) is -6.75. The number of hydrogen-bond donors (Lipinski definition) is 1. The summed E-state index contributed by atoms with van der Waals surface area (Å²) < 4.78 is 40.1. The first-order valence-corrected chi connectivity index (χ1v) is 7.94. The quantitative estimate of drug-likeness (QED) is 0.430. The molecule has 0 aromatic heterocycles. The molecule has 0 heterocycles. The zero-order chi connectivity index (χ0) is 21.4. The van der Waals surface area contributed by atoms with Crippen LogP contribution < -0.4 is 5.32 Å². The predicted octanol–water partition coefficient (Wildman–Crippen LogP) is 5.59. The van der Waals surface area contributed by atoms with Gasteiger partial charge in [0, 0.05) is 21.6 Å². The maximum atomic E-state index is 13.4. The summed E-state index contributed by atoms with van der Waals surface area (Å²) in [5, 5.41) is 35.2. The molecule has 15 heteroatoms. The van der Waals surface area contributed by atoms with E-state index in [1.807, 2.05) is 5.32 Å². The predicted molar refractivity (Wildman–Crippen MR) is 93.8 cm³/mol. The Morgan fingerprint density at radius 2 is 1.43 bits per heavy atom. The molecule has 1 N–H and O–H groups in total. The van der Waals surface area contributed by atoms with Crippen LogP contribution in [0.5, 0.6) is 0 Å². The summed E-state index contributed by atoms with van der Waals surface area (Å²) in [7, 11) is 0. The average molecular weight is 486 g/mol. The zero-order valence-corrected chi connectivity index (χ0v) is 15.3. The summed E-state index contributed by atoms with van der Waals surface area (Å²) in [6.07, 6.45) is -5.24. The van der Waals surface area contributed by atoms with Crippen LogP contribution in [-0.2, 0) is 6.18 Å². The van der Waals surface area contributed by atoms with Crippen LogP contribution in [0, 0.1) is 30.3 Å². The molecule has 0 fully saturated rings. The van der Waals surface area contributed by atoms with Gasteiger partial charge < -0.3 is 5.32 Å². The molecular weight excluding hydrogens is 481 g/mol. The van der Waals surface area contributed by atoms with Gasteiger partial charge in [-0.3, -0.25) is 30.3 Å². The molecule has 0 unspecified atom stereocenters. The molecule has 0 saturated heterocycles. The van der Waals surface area contributed by atoms with Crippen LogP contribution in [-0.4, -0.2) is 14.8 Å². The Morgan fingerprint density at radius 3 is 1.89 bits per heavy atom. The van der Waals surface area contributed by atoms with E-state index in [1.165, 1.54) is 0 Å². The number of nitrogens with zero attached hydrogens (tertiary/aromatic N) is 3. The van der Waals surface area contributed by atoms with Crippen molar-refractivity contribution in [2.75, 3.05) is 5.32 Å². The van der Waals surface area contributed by atoms with E-state index in [0.29, 0.717) is 6.07 Å². The molecule has 148 valence electrons. The highest BCUT2D eigenvalue weighted by atomic mass is 79.9. The van der Waals surface area contributed by atoms with E-state index in [2.05, 4.69) is 15.9 Å². The molecule has 0 amide bonds. The highest BCUT2D eigenvalue weighted by Gasteiger charge is 2.40. The minimum atomic E-state index is -5.24. The van der Waals surface area contributed by atoms with Crippen molar-refractivity contribution in [3.63, 3.8) is 0 Å². The van der Waals surface area contributed by atoms with Crippen LogP contribution in [0.4, 0.5) is 41.6 Å². The molecule has 2 aromatic carbocycles. The van der Waals surface area contributed by atoms with E-state index in [0.717, 1.165) is 12.1 Å². The van der Waals surface area contributed by atoms with Gasteiger partial charge >= 0.3 is 6.18 Å². The minimum Gasteiger partial charge on any atom is -0.343 e. The van der Waals surface area contributed by atoms with Gasteiger partial charge in [-0.2, -0.15) is 13.2 Å². The topological polar surface area (TPSA) is 141 Å². The first-order valence-electron chi connectivity index (χ1n) is 6.77. The fourth-order valence-corrected chi connectivity index (χ4v) is 3.06. The molecule has 0 saturated carbocycles. The molecule has 0 aliphatic heterocycles. The average Bonchev–Trinajstić information content (AvgIpc) is 2.55. The van der Waals surface area contributed by atoms with Gasteiger partial charge in [0.25, 0.3) is 17.1 Å². The molecule has 0 aliphatic rings. The molecule has 0 radical (unpaired) electrons. The molecular formula is C13H5BrClF3N4O6. The van der Waals surface area contributed by atoms with Gasteiger partial charge in [-0.05, 0) is 22.0 Å². The number of hydrogen-bond acceptors (Lipinski definition) is 7. The monoisotopic (exact) mass is 484 g/mol. The highest BCUT2D eigenvalue weighted by Crippen LogP contribution is 2.46. The Bertz CT molecular complexity index is 1020. The number of nitrogens with one attached hydrogen (secondary N) is 1. The lowest BCUT2D eigenvalue weighted by Crippen LogP contribution is -2.12. The van der Waals surface area contributed by atoms with Crippen LogP contribution in [0.3, 0.4) is 0 Å². The van der Waals surface area contributed by atoms with Crippen molar-refractivity contribution in [3.8, 4) is 0 Å². The number of non-ortho nitro benzene ring substituents is 1. The van der Waals surface area contributed by atoms with Gasteiger partial charge in [0.15, 0.2) is 0 Å². The van der Waals surface area contributed by atoms with E-state index in [4.69, 9.17) is 11.6 Å². The largest absolute Gasteiger partial charge is 0.418 e. The lowest BCUT2D eigenvalue weighted by molar-refractivity contribution is -0.394. The third kappa shape index (κ3) is 4.28. The lowest BCUT2D eigenvalue weighted by atomic mass is 10.1. The second kappa shape index (κ2) is 7.55. The van der Waals surface area contributed by atoms with Gasteiger partial charge in [0.05, 0.1) is 26.4 Å². The fourth-order valence-electron chi connectivity index (χ4n) is 2.17. The minimum absolute atomic E-state index is 0.0883. The molecule has 2 aromatic rings. The molecule has 0 atom stereocenters. The third-order valence-corrected chi connectivity index (χ3v) is 4.14. The van der Waals surface area contributed by atoms with E-state index in [1.54, 1.807) is 0 Å². The van der Waals surface area contributed by atoms with Crippen molar-refractivity contribution >= 4 is 56.0 Å². The third-order valence-electron chi connectivity index (χ3n) is 3.30. The maximum absolute atomic E-state index is 13.4. The second-order valence-corrected chi connectivity index (χ2v) is 6.35. The van der Waals surface area contributed by atoms with E-state index in [9.17, 15) is 43.5 Å². The van der Waals surface area contributed by atoms with Crippen molar-refractivity contribution in [3.05, 3.63) is 69.7 Å². The zero-order valence-electron chi connectivity index (χ0n) is 13.0.